The van der Waals surface area contributed by atoms with E-state index in [2.05, 4.69) is 20.4 Å². The zero-order valence-corrected chi connectivity index (χ0v) is 9.86. The van der Waals surface area contributed by atoms with E-state index in [9.17, 15) is 13.2 Å². The highest BCUT2D eigenvalue weighted by Gasteiger charge is 2.38. The summed E-state index contributed by atoms with van der Waals surface area (Å²) in [7, 11) is 0. The van der Waals surface area contributed by atoms with Crippen LogP contribution in [0.3, 0.4) is 0 Å². The number of nitrogens with zero attached hydrogens (tertiary/aromatic N) is 3. The first kappa shape index (κ1) is 14.9. The minimum atomic E-state index is -5.08. The van der Waals surface area contributed by atoms with Gasteiger partial charge in [-0.05, 0) is 13.3 Å². The van der Waals surface area contributed by atoms with Crippen molar-refractivity contribution in [3.8, 4) is 0 Å². The summed E-state index contributed by atoms with van der Waals surface area (Å²) in [4.78, 5) is 17.2. The maximum Gasteiger partial charge on any atom is 0.490 e. The zero-order chi connectivity index (χ0) is 14.5. The van der Waals surface area contributed by atoms with Gasteiger partial charge in [-0.15, -0.1) is 0 Å². The van der Waals surface area contributed by atoms with Crippen LogP contribution in [0.25, 0.3) is 0 Å². The molecule has 1 aromatic heterocycles. The number of aryl methyl sites for hydroxylation is 1. The van der Waals surface area contributed by atoms with Crippen LogP contribution in [-0.2, 0) is 4.79 Å². The van der Waals surface area contributed by atoms with Crippen molar-refractivity contribution in [2.75, 3.05) is 13.1 Å². The molecule has 10 heteroatoms. The number of carboxylic acids is 1. The van der Waals surface area contributed by atoms with Crippen molar-refractivity contribution in [2.45, 2.75) is 19.5 Å². The molecule has 2 rings (SSSR count). The highest BCUT2D eigenvalue weighted by atomic mass is 19.4. The van der Waals surface area contributed by atoms with Crippen molar-refractivity contribution < 1.29 is 27.6 Å². The van der Waals surface area contributed by atoms with Gasteiger partial charge in [-0.1, -0.05) is 5.16 Å². The van der Waals surface area contributed by atoms with Crippen LogP contribution in [0.15, 0.2) is 9.52 Å². The van der Waals surface area contributed by atoms with Crippen molar-refractivity contribution in [2.24, 2.45) is 4.99 Å². The van der Waals surface area contributed by atoms with Gasteiger partial charge in [0.2, 0.25) is 0 Å². The second-order valence-electron chi connectivity index (χ2n) is 3.46. The lowest BCUT2D eigenvalue weighted by atomic mass is 10.3. The number of hydrogen-bond donors (Lipinski definition) is 2. The van der Waals surface area contributed by atoms with E-state index in [0.29, 0.717) is 11.7 Å². The minimum Gasteiger partial charge on any atom is -0.475 e. The van der Waals surface area contributed by atoms with E-state index in [1.807, 2.05) is 0 Å². The Morgan fingerprint density at radius 2 is 2.11 bits per heavy atom. The number of carbonyl (C=O) groups is 1. The summed E-state index contributed by atoms with van der Waals surface area (Å²) in [5.74, 6) is -0.901. The molecule has 0 radical (unpaired) electrons. The molecular formula is C9H11F3N4O3. The van der Waals surface area contributed by atoms with Crippen LogP contribution in [-0.4, -0.2) is 46.3 Å². The quantitative estimate of drug-likeness (QED) is 0.787. The molecule has 0 aromatic carbocycles. The highest BCUT2D eigenvalue weighted by molar-refractivity contribution is 5.94. The van der Waals surface area contributed by atoms with Gasteiger partial charge in [-0.3, -0.25) is 4.99 Å². The molecule has 0 saturated carbocycles. The van der Waals surface area contributed by atoms with E-state index < -0.39 is 12.1 Å². The van der Waals surface area contributed by atoms with Gasteiger partial charge in [0, 0.05) is 13.1 Å². The van der Waals surface area contributed by atoms with Crippen molar-refractivity contribution in [3.63, 3.8) is 0 Å². The standard InChI is InChI=1S/C7H10N4O.C2HF3O2/c1-5-10-7(12-11-5)6-8-3-2-4-9-6;3-2(4,5)1(6)7/h2-4H2,1H3,(H,8,9);(H,6,7). The first-order valence-electron chi connectivity index (χ1n) is 5.20. The molecule has 1 aromatic rings. The lowest BCUT2D eigenvalue weighted by Crippen LogP contribution is -2.30. The highest BCUT2D eigenvalue weighted by Crippen LogP contribution is 2.13. The van der Waals surface area contributed by atoms with Gasteiger partial charge in [0.05, 0.1) is 0 Å². The van der Waals surface area contributed by atoms with Crippen LogP contribution in [0, 0.1) is 6.92 Å². The number of amidine groups is 1. The van der Waals surface area contributed by atoms with Crippen molar-refractivity contribution in [1.82, 2.24) is 15.5 Å². The molecular weight excluding hydrogens is 269 g/mol. The summed E-state index contributed by atoms with van der Waals surface area (Å²) in [5.41, 5.74) is 0. The number of aliphatic carboxylic acids is 1. The molecule has 0 unspecified atom stereocenters. The van der Waals surface area contributed by atoms with E-state index in [0.717, 1.165) is 25.3 Å². The molecule has 1 aliphatic rings. The second-order valence-corrected chi connectivity index (χ2v) is 3.46. The van der Waals surface area contributed by atoms with Gasteiger partial charge < -0.3 is 14.9 Å². The monoisotopic (exact) mass is 280 g/mol. The summed E-state index contributed by atoms with van der Waals surface area (Å²) in [6.07, 6.45) is -4.02. The maximum atomic E-state index is 10.6. The van der Waals surface area contributed by atoms with Crippen LogP contribution in [0.2, 0.25) is 0 Å². The first-order chi connectivity index (χ1) is 8.80. The Labute approximate surface area is 105 Å². The third-order valence-corrected chi connectivity index (χ3v) is 1.87. The number of aliphatic imine (C=N–C) groups is 1. The molecule has 7 nitrogen and oxygen atoms in total. The number of alkyl halides is 3. The fraction of sp³-hybridized carbons (Fsp3) is 0.556. The zero-order valence-electron chi connectivity index (χ0n) is 9.86. The number of hydrogen-bond acceptors (Lipinski definition) is 6. The van der Waals surface area contributed by atoms with E-state index >= 15 is 0 Å². The Kier molecular flexibility index (Phi) is 4.84. The Bertz CT molecular complexity index is 470. The third kappa shape index (κ3) is 4.94. The Morgan fingerprint density at radius 1 is 1.47 bits per heavy atom. The summed E-state index contributed by atoms with van der Waals surface area (Å²) in [6, 6.07) is 0. The average Bonchev–Trinajstić information content (AvgIpc) is 2.77. The normalized spacial score (nSPS) is 14.8. The molecule has 0 saturated heterocycles. The van der Waals surface area contributed by atoms with E-state index in [1.54, 1.807) is 6.92 Å². The third-order valence-electron chi connectivity index (χ3n) is 1.87. The second kappa shape index (κ2) is 6.16. The number of rotatable bonds is 1. The molecule has 1 aliphatic heterocycles. The number of nitrogens with one attached hydrogen (secondary N) is 1. The smallest absolute Gasteiger partial charge is 0.475 e. The molecule has 0 bridgehead atoms. The van der Waals surface area contributed by atoms with Gasteiger partial charge in [0.15, 0.2) is 11.7 Å². The molecule has 0 fully saturated rings. The molecule has 2 heterocycles. The summed E-state index contributed by atoms with van der Waals surface area (Å²) in [6.45, 7) is 3.56. The largest absolute Gasteiger partial charge is 0.490 e. The summed E-state index contributed by atoms with van der Waals surface area (Å²) < 4.78 is 36.7. The van der Waals surface area contributed by atoms with Gasteiger partial charge >= 0.3 is 12.1 Å². The average molecular weight is 280 g/mol. The van der Waals surface area contributed by atoms with E-state index in [4.69, 9.17) is 14.4 Å². The number of aromatic nitrogens is 2. The maximum absolute atomic E-state index is 10.6. The lowest BCUT2D eigenvalue weighted by Gasteiger charge is -2.09. The number of carboxylic acid groups (broad SMARTS) is 1. The van der Waals surface area contributed by atoms with Crippen molar-refractivity contribution in [1.29, 1.82) is 0 Å². The van der Waals surface area contributed by atoms with Gasteiger partial charge in [-0.25, -0.2) is 4.79 Å². The Hall–Kier alpha value is -2.13. The lowest BCUT2D eigenvalue weighted by molar-refractivity contribution is -0.192. The summed E-state index contributed by atoms with van der Waals surface area (Å²) >= 11 is 0. The molecule has 0 amide bonds. The van der Waals surface area contributed by atoms with E-state index in [1.165, 1.54) is 0 Å². The predicted octanol–water partition coefficient (Wildman–Crippen LogP) is 0.751. The van der Waals surface area contributed by atoms with E-state index in [-0.39, 0.29) is 0 Å². The van der Waals surface area contributed by atoms with Gasteiger partial charge in [0.1, 0.15) is 0 Å². The van der Waals surface area contributed by atoms with Crippen LogP contribution < -0.4 is 5.32 Å². The van der Waals surface area contributed by atoms with Crippen LogP contribution in [0.4, 0.5) is 13.2 Å². The summed E-state index contributed by atoms with van der Waals surface area (Å²) in [5, 5.41) is 13.9. The molecule has 0 atom stereocenters. The van der Waals surface area contributed by atoms with Gasteiger partial charge in [-0.2, -0.15) is 18.2 Å². The topological polar surface area (TPSA) is 101 Å². The fourth-order valence-corrected chi connectivity index (χ4v) is 1.07. The molecule has 2 N–H and O–H groups in total. The molecule has 19 heavy (non-hydrogen) atoms. The first-order valence-corrected chi connectivity index (χ1v) is 5.20. The molecule has 106 valence electrons. The van der Waals surface area contributed by atoms with Gasteiger partial charge in [0.25, 0.3) is 5.89 Å². The van der Waals surface area contributed by atoms with Crippen LogP contribution in [0.1, 0.15) is 18.1 Å². The SMILES string of the molecule is Cc1noc(C2=NCCCN2)n1.O=C(O)C(F)(F)F. The molecule has 0 spiro atoms. The van der Waals surface area contributed by atoms with Crippen molar-refractivity contribution in [3.05, 3.63) is 11.7 Å². The Balaban J connectivity index is 0.000000224. The molecule has 0 aliphatic carbocycles. The van der Waals surface area contributed by atoms with Crippen LogP contribution in [0.5, 0.6) is 0 Å². The predicted molar refractivity (Wildman–Crippen MR) is 56.7 cm³/mol. The van der Waals surface area contributed by atoms with Crippen LogP contribution >= 0.6 is 0 Å². The number of halogens is 3. The Morgan fingerprint density at radius 3 is 2.47 bits per heavy atom. The minimum absolute atomic E-state index is 0.493. The fourth-order valence-electron chi connectivity index (χ4n) is 1.07. The van der Waals surface area contributed by atoms with Crippen molar-refractivity contribution >= 4 is 11.8 Å².